The lowest BCUT2D eigenvalue weighted by Crippen LogP contribution is -2.21. The van der Waals surface area contributed by atoms with E-state index in [0.29, 0.717) is 0 Å². The maximum absolute atomic E-state index is 6.09. The maximum Gasteiger partial charge on any atom is 0.0948 e. The SMILES string of the molecule is CC[C@@H](N)c1cncn1CCCN(C)c1ccccc1. The number of nitrogens with zero attached hydrogens (tertiary/aromatic N) is 3. The van der Waals surface area contributed by atoms with Gasteiger partial charge in [-0.15, -0.1) is 0 Å². The zero-order chi connectivity index (χ0) is 14.4. The molecular weight excluding hydrogens is 248 g/mol. The van der Waals surface area contributed by atoms with Crippen molar-refractivity contribution in [1.82, 2.24) is 9.55 Å². The van der Waals surface area contributed by atoms with Gasteiger partial charge in [-0.05, 0) is 25.0 Å². The van der Waals surface area contributed by atoms with Gasteiger partial charge in [0, 0.05) is 38.1 Å². The molecule has 0 saturated carbocycles. The molecule has 20 heavy (non-hydrogen) atoms. The van der Waals surface area contributed by atoms with Crippen molar-refractivity contribution in [1.29, 1.82) is 0 Å². The summed E-state index contributed by atoms with van der Waals surface area (Å²) in [4.78, 5) is 6.49. The first-order valence-electron chi connectivity index (χ1n) is 7.24. The Bertz CT molecular complexity index is 506. The van der Waals surface area contributed by atoms with Gasteiger partial charge in [0.15, 0.2) is 0 Å². The summed E-state index contributed by atoms with van der Waals surface area (Å²) in [6.45, 7) is 4.08. The average molecular weight is 272 g/mol. The van der Waals surface area contributed by atoms with Gasteiger partial charge < -0.3 is 15.2 Å². The highest BCUT2D eigenvalue weighted by Gasteiger charge is 2.09. The molecule has 0 fully saturated rings. The Balaban J connectivity index is 1.86. The first-order chi connectivity index (χ1) is 9.72. The van der Waals surface area contributed by atoms with Crippen LogP contribution in [0.3, 0.4) is 0 Å². The smallest absolute Gasteiger partial charge is 0.0948 e. The molecule has 0 saturated heterocycles. The minimum absolute atomic E-state index is 0.0874. The summed E-state index contributed by atoms with van der Waals surface area (Å²) in [7, 11) is 2.13. The average Bonchev–Trinajstić information content (AvgIpc) is 2.95. The zero-order valence-corrected chi connectivity index (χ0v) is 12.4. The first-order valence-corrected chi connectivity index (χ1v) is 7.24. The van der Waals surface area contributed by atoms with Crippen molar-refractivity contribution in [3.8, 4) is 0 Å². The van der Waals surface area contributed by atoms with E-state index in [1.807, 2.05) is 18.6 Å². The van der Waals surface area contributed by atoms with Gasteiger partial charge >= 0.3 is 0 Å². The second-order valence-electron chi connectivity index (χ2n) is 5.14. The predicted octanol–water partition coefficient (Wildman–Crippen LogP) is 2.82. The standard InChI is InChI=1S/C16H24N4/c1-3-15(17)16-12-18-13-20(16)11-7-10-19(2)14-8-5-4-6-9-14/h4-6,8-9,12-13,15H,3,7,10-11,17H2,1-2H3/t15-/m1/s1. The molecule has 1 heterocycles. The Morgan fingerprint density at radius 2 is 2.05 bits per heavy atom. The van der Waals surface area contributed by atoms with Crippen LogP contribution in [0.15, 0.2) is 42.9 Å². The molecular formula is C16H24N4. The van der Waals surface area contributed by atoms with Crippen molar-refractivity contribution in [2.75, 3.05) is 18.5 Å². The largest absolute Gasteiger partial charge is 0.375 e. The third-order valence-electron chi connectivity index (χ3n) is 3.65. The molecule has 0 bridgehead atoms. The Morgan fingerprint density at radius 1 is 1.30 bits per heavy atom. The fourth-order valence-corrected chi connectivity index (χ4v) is 2.33. The van der Waals surface area contributed by atoms with E-state index in [1.54, 1.807) is 0 Å². The van der Waals surface area contributed by atoms with E-state index in [1.165, 1.54) is 5.69 Å². The molecule has 0 spiro atoms. The predicted molar refractivity (Wildman–Crippen MR) is 83.8 cm³/mol. The van der Waals surface area contributed by atoms with E-state index in [-0.39, 0.29) is 6.04 Å². The van der Waals surface area contributed by atoms with Crippen molar-refractivity contribution in [2.24, 2.45) is 5.73 Å². The van der Waals surface area contributed by atoms with Gasteiger partial charge in [-0.3, -0.25) is 0 Å². The van der Waals surface area contributed by atoms with Crippen molar-refractivity contribution >= 4 is 5.69 Å². The summed E-state index contributed by atoms with van der Waals surface area (Å²) in [6.07, 6.45) is 5.78. The number of aromatic nitrogens is 2. The third-order valence-corrected chi connectivity index (χ3v) is 3.65. The lowest BCUT2D eigenvalue weighted by Gasteiger charge is -2.20. The molecule has 2 rings (SSSR count). The fraction of sp³-hybridized carbons (Fsp3) is 0.438. The highest BCUT2D eigenvalue weighted by atomic mass is 15.1. The molecule has 1 atom stereocenters. The van der Waals surface area contributed by atoms with Crippen LogP contribution in [0.5, 0.6) is 0 Å². The topological polar surface area (TPSA) is 47.1 Å². The minimum Gasteiger partial charge on any atom is -0.375 e. The van der Waals surface area contributed by atoms with Crippen LogP contribution >= 0.6 is 0 Å². The van der Waals surface area contributed by atoms with Crippen molar-refractivity contribution in [2.45, 2.75) is 32.4 Å². The summed E-state index contributed by atoms with van der Waals surface area (Å²) in [5.74, 6) is 0. The maximum atomic E-state index is 6.09. The third kappa shape index (κ3) is 3.61. The van der Waals surface area contributed by atoms with Crippen LogP contribution in [0.4, 0.5) is 5.69 Å². The first kappa shape index (κ1) is 14.6. The molecule has 0 aliphatic heterocycles. The van der Waals surface area contributed by atoms with Crippen LogP contribution in [0.25, 0.3) is 0 Å². The zero-order valence-electron chi connectivity index (χ0n) is 12.4. The van der Waals surface area contributed by atoms with E-state index in [2.05, 4.69) is 52.7 Å². The Hall–Kier alpha value is -1.81. The van der Waals surface area contributed by atoms with Crippen LogP contribution in [0.1, 0.15) is 31.5 Å². The number of hydrogen-bond acceptors (Lipinski definition) is 3. The molecule has 2 aromatic rings. The second kappa shape index (κ2) is 7.10. The number of nitrogens with two attached hydrogens (primary N) is 1. The molecule has 0 amide bonds. The van der Waals surface area contributed by atoms with Crippen LogP contribution in [-0.4, -0.2) is 23.1 Å². The van der Waals surface area contributed by atoms with Crippen LogP contribution < -0.4 is 10.6 Å². The van der Waals surface area contributed by atoms with E-state index in [4.69, 9.17) is 5.73 Å². The van der Waals surface area contributed by atoms with Gasteiger partial charge in [0.25, 0.3) is 0 Å². The quantitative estimate of drug-likeness (QED) is 0.843. The lowest BCUT2D eigenvalue weighted by molar-refractivity contribution is 0.568. The van der Waals surface area contributed by atoms with Crippen LogP contribution in [0, 0.1) is 0 Å². The van der Waals surface area contributed by atoms with Crippen molar-refractivity contribution < 1.29 is 0 Å². The molecule has 0 radical (unpaired) electrons. The Morgan fingerprint density at radius 3 is 2.75 bits per heavy atom. The summed E-state index contributed by atoms with van der Waals surface area (Å²) in [6, 6.07) is 10.5. The monoisotopic (exact) mass is 272 g/mol. The molecule has 4 nitrogen and oxygen atoms in total. The Kier molecular flexibility index (Phi) is 5.18. The van der Waals surface area contributed by atoms with Gasteiger partial charge in [0.1, 0.15) is 0 Å². The number of aryl methyl sites for hydroxylation is 1. The lowest BCUT2D eigenvalue weighted by atomic mass is 10.2. The molecule has 1 aromatic carbocycles. The molecule has 0 unspecified atom stereocenters. The number of imidazole rings is 1. The van der Waals surface area contributed by atoms with Crippen molar-refractivity contribution in [3.05, 3.63) is 48.5 Å². The van der Waals surface area contributed by atoms with Gasteiger partial charge in [-0.25, -0.2) is 4.98 Å². The minimum atomic E-state index is 0.0874. The van der Waals surface area contributed by atoms with Crippen molar-refractivity contribution in [3.63, 3.8) is 0 Å². The number of benzene rings is 1. The fourth-order valence-electron chi connectivity index (χ4n) is 2.33. The molecule has 4 heteroatoms. The number of rotatable bonds is 7. The summed E-state index contributed by atoms with van der Waals surface area (Å²) in [5, 5.41) is 0. The normalized spacial score (nSPS) is 12.3. The molecule has 0 aliphatic carbocycles. The van der Waals surface area contributed by atoms with E-state index in [9.17, 15) is 0 Å². The van der Waals surface area contributed by atoms with Crippen LogP contribution in [0.2, 0.25) is 0 Å². The number of para-hydroxylation sites is 1. The summed E-state index contributed by atoms with van der Waals surface area (Å²) in [5.41, 5.74) is 8.48. The van der Waals surface area contributed by atoms with Gasteiger partial charge in [-0.2, -0.15) is 0 Å². The summed E-state index contributed by atoms with van der Waals surface area (Å²) < 4.78 is 2.17. The molecule has 2 N–H and O–H groups in total. The Labute approximate surface area is 121 Å². The summed E-state index contributed by atoms with van der Waals surface area (Å²) >= 11 is 0. The van der Waals surface area contributed by atoms with Crippen LogP contribution in [-0.2, 0) is 6.54 Å². The highest BCUT2D eigenvalue weighted by molar-refractivity contribution is 5.44. The van der Waals surface area contributed by atoms with Gasteiger partial charge in [0.05, 0.1) is 12.0 Å². The molecule has 108 valence electrons. The number of anilines is 1. The van der Waals surface area contributed by atoms with E-state index in [0.717, 1.165) is 31.6 Å². The molecule has 0 aliphatic rings. The second-order valence-corrected chi connectivity index (χ2v) is 5.14. The van der Waals surface area contributed by atoms with Gasteiger partial charge in [0.2, 0.25) is 0 Å². The highest BCUT2D eigenvalue weighted by Crippen LogP contribution is 2.14. The van der Waals surface area contributed by atoms with E-state index >= 15 is 0 Å². The van der Waals surface area contributed by atoms with Gasteiger partial charge in [-0.1, -0.05) is 25.1 Å². The molecule has 1 aromatic heterocycles. The number of hydrogen-bond donors (Lipinski definition) is 1. The van der Waals surface area contributed by atoms with E-state index < -0.39 is 0 Å².